The van der Waals surface area contributed by atoms with E-state index in [4.69, 9.17) is 0 Å². The second kappa shape index (κ2) is 1.99. The highest BCUT2D eigenvalue weighted by Gasteiger charge is 2.10. The standard InChI is InChI=1S/C4H3N4O2/c1-2-9-7-8(1)4-3-10-6-5-4/h2-3,7H. The molecule has 0 amide bonds. The first-order valence-corrected chi connectivity index (χ1v) is 2.53. The molecule has 6 heteroatoms. The first-order valence-electron chi connectivity index (χ1n) is 2.53. The van der Waals surface area contributed by atoms with Crippen molar-refractivity contribution in [2.45, 2.75) is 0 Å². The average molecular weight is 139 g/mol. The van der Waals surface area contributed by atoms with Gasteiger partial charge in [-0.25, -0.2) is 5.01 Å². The molecule has 2 rings (SSSR count). The minimum atomic E-state index is 0.494. The molecule has 0 aliphatic carbocycles. The summed E-state index contributed by atoms with van der Waals surface area (Å²) in [5.41, 5.74) is 2.46. The Morgan fingerprint density at radius 3 is 3.30 bits per heavy atom. The van der Waals surface area contributed by atoms with Gasteiger partial charge in [0.05, 0.1) is 0 Å². The molecule has 1 aromatic rings. The van der Waals surface area contributed by atoms with Gasteiger partial charge in [-0.15, -0.1) is 0 Å². The van der Waals surface area contributed by atoms with E-state index in [1.807, 2.05) is 0 Å². The molecule has 10 heavy (non-hydrogen) atoms. The predicted molar refractivity (Wildman–Crippen MR) is 28.8 cm³/mol. The molecule has 2 heterocycles. The summed E-state index contributed by atoms with van der Waals surface area (Å²) in [6, 6.07) is 0. The normalized spacial score (nSPS) is 15.8. The molecule has 1 aliphatic rings. The molecule has 1 aliphatic heterocycles. The van der Waals surface area contributed by atoms with Crippen LogP contribution in [0.3, 0.4) is 0 Å². The number of hydrazine groups is 1. The average Bonchev–Trinajstić information content (AvgIpc) is 2.59. The maximum atomic E-state index is 4.61. The van der Waals surface area contributed by atoms with Gasteiger partial charge in [0.2, 0.25) is 5.82 Å². The van der Waals surface area contributed by atoms with Crippen LogP contribution in [-0.4, -0.2) is 10.4 Å². The number of nitrogens with one attached hydrogen (secondary N) is 1. The van der Waals surface area contributed by atoms with Gasteiger partial charge in [-0.2, -0.15) is 0 Å². The number of aromatic nitrogens is 2. The van der Waals surface area contributed by atoms with Crippen molar-refractivity contribution < 1.29 is 9.36 Å². The van der Waals surface area contributed by atoms with Gasteiger partial charge in [0.25, 0.3) is 0 Å². The Balaban J connectivity index is 2.20. The minimum Gasteiger partial charge on any atom is -0.394 e. The third-order valence-electron chi connectivity index (χ3n) is 0.962. The van der Waals surface area contributed by atoms with E-state index in [2.05, 4.69) is 31.5 Å². The van der Waals surface area contributed by atoms with E-state index < -0.39 is 0 Å². The monoisotopic (exact) mass is 139 g/mol. The van der Waals surface area contributed by atoms with Crippen LogP contribution in [0, 0.1) is 6.20 Å². The first kappa shape index (κ1) is 5.24. The Hall–Kier alpha value is -1.56. The van der Waals surface area contributed by atoms with Crippen molar-refractivity contribution in [1.29, 1.82) is 0 Å². The van der Waals surface area contributed by atoms with Crippen molar-refractivity contribution in [3.63, 3.8) is 0 Å². The molecule has 0 fully saturated rings. The van der Waals surface area contributed by atoms with Crippen LogP contribution in [0.25, 0.3) is 0 Å². The Bertz CT molecular complexity index is 231. The second-order valence-electron chi connectivity index (χ2n) is 1.55. The highest BCUT2D eigenvalue weighted by Crippen LogP contribution is 2.07. The van der Waals surface area contributed by atoms with Crippen LogP contribution in [-0.2, 0) is 4.84 Å². The summed E-state index contributed by atoms with van der Waals surface area (Å²) < 4.78 is 4.47. The molecule has 6 nitrogen and oxygen atoms in total. The van der Waals surface area contributed by atoms with Crippen LogP contribution in [0.15, 0.2) is 17.0 Å². The van der Waals surface area contributed by atoms with Crippen LogP contribution >= 0.6 is 0 Å². The molecule has 0 aromatic carbocycles. The smallest absolute Gasteiger partial charge is 0.214 e. The number of hydrogen-bond acceptors (Lipinski definition) is 6. The fourth-order valence-electron chi connectivity index (χ4n) is 0.554. The summed E-state index contributed by atoms with van der Waals surface area (Å²) in [7, 11) is 0. The maximum absolute atomic E-state index is 4.61. The molecular weight excluding hydrogens is 136 g/mol. The van der Waals surface area contributed by atoms with Crippen molar-refractivity contribution in [3.8, 4) is 0 Å². The van der Waals surface area contributed by atoms with E-state index >= 15 is 0 Å². The fourth-order valence-corrected chi connectivity index (χ4v) is 0.554. The Labute approximate surface area is 56.0 Å². The summed E-state index contributed by atoms with van der Waals surface area (Å²) in [6.07, 6.45) is 5.39. The summed E-state index contributed by atoms with van der Waals surface area (Å²) in [5.74, 6) is 0.494. The molecule has 0 saturated carbocycles. The minimum absolute atomic E-state index is 0.494. The number of anilines is 1. The van der Waals surface area contributed by atoms with Crippen LogP contribution in [0.1, 0.15) is 0 Å². The largest absolute Gasteiger partial charge is 0.394 e. The molecule has 51 valence electrons. The van der Waals surface area contributed by atoms with Crippen molar-refractivity contribution in [3.05, 3.63) is 18.7 Å². The lowest BCUT2D eigenvalue weighted by Crippen LogP contribution is -2.27. The van der Waals surface area contributed by atoms with Gasteiger partial charge in [0.1, 0.15) is 12.5 Å². The molecule has 0 saturated heterocycles. The maximum Gasteiger partial charge on any atom is 0.214 e. The lowest BCUT2D eigenvalue weighted by molar-refractivity contribution is 0.158. The van der Waals surface area contributed by atoms with Gasteiger partial charge < -0.3 is 9.36 Å². The van der Waals surface area contributed by atoms with E-state index in [0.29, 0.717) is 5.82 Å². The second-order valence-corrected chi connectivity index (χ2v) is 1.55. The van der Waals surface area contributed by atoms with Crippen molar-refractivity contribution in [2.24, 2.45) is 0 Å². The lowest BCUT2D eigenvalue weighted by atomic mass is 10.7. The van der Waals surface area contributed by atoms with Gasteiger partial charge in [-0.3, -0.25) is 0 Å². The van der Waals surface area contributed by atoms with E-state index in [1.165, 1.54) is 17.5 Å². The van der Waals surface area contributed by atoms with Crippen molar-refractivity contribution in [1.82, 2.24) is 16.0 Å². The zero-order valence-corrected chi connectivity index (χ0v) is 4.81. The van der Waals surface area contributed by atoms with E-state index in [9.17, 15) is 0 Å². The van der Waals surface area contributed by atoms with E-state index in [1.54, 1.807) is 0 Å². The fraction of sp³-hybridized carbons (Fsp3) is 0. The molecule has 0 bridgehead atoms. The zero-order valence-electron chi connectivity index (χ0n) is 4.81. The topological polar surface area (TPSA) is 63.4 Å². The van der Waals surface area contributed by atoms with Crippen molar-refractivity contribution in [2.75, 3.05) is 5.01 Å². The molecule has 1 N–H and O–H groups in total. The number of rotatable bonds is 1. The zero-order chi connectivity index (χ0) is 6.81. The molecule has 0 atom stereocenters. The summed E-state index contributed by atoms with van der Waals surface area (Å²) in [5, 5.41) is 8.23. The molecule has 0 spiro atoms. The van der Waals surface area contributed by atoms with Gasteiger partial charge in [0, 0.05) is 5.27 Å². The van der Waals surface area contributed by atoms with Crippen LogP contribution < -0.4 is 10.6 Å². The Morgan fingerprint density at radius 1 is 1.70 bits per heavy atom. The Morgan fingerprint density at radius 2 is 2.70 bits per heavy atom. The number of nitrogens with zero attached hydrogens (tertiary/aromatic N) is 3. The van der Waals surface area contributed by atoms with Gasteiger partial charge in [-0.05, 0) is 0 Å². The van der Waals surface area contributed by atoms with Crippen LogP contribution in [0.5, 0.6) is 0 Å². The van der Waals surface area contributed by atoms with E-state index in [0.717, 1.165) is 0 Å². The highest BCUT2D eigenvalue weighted by molar-refractivity contribution is 5.33. The molecule has 1 aromatic heterocycles. The van der Waals surface area contributed by atoms with Crippen LogP contribution in [0.4, 0.5) is 5.82 Å². The third-order valence-corrected chi connectivity index (χ3v) is 0.962. The summed E-state index contributed by atoms with van der Waals surface area (Å²) in [6.45, 7) is 0. The van der Waals surface area contributed by atoms with Gasteiger partial charge in [0.15, 0.2) is 6.26 Å². The highest BCUT2D eigenvalue weighted by atomic mass is 16.7. The quantitative estimate of drug-likeness (QED) is 0.571. The molecule has 0 unspecified atom stereocenters. The summed E-state index contributed by atoms with van der Waals surface area (Å²) in [4.78, 5) is 4.61. The number of hydrogen-bond donors (Lipinski definition) is 1. The molecule has 1 radical (unpaired) electrons. The lowest BCUT2D eigenvalue weighted by Gasteiger charge is -2.05. The first-order chi connectivity index (χ1) is 4.97. The molecular formula is C4H3N4O2. The predicted octanol–water partition coefficient (Wildman–Crippen LogP) is -0.400. The van der Waals surface area contributed by atoms with Crippen LogP contribution in [0.2, 0.25) is 0 Å². The van der Waals surface area contributed by atoms with Gasteiger partial charge in [-0.1, -0.05) is 10.7 Å². The van der Waals surface area contributed by atoms with Crippen molar-refractivity contribution >= 4 is 5.82 Å². The Kier molecular flexibility index (Phi) is 1.05. The SMILES string of the molecule is [C]1=CONN1c1conn1. The third kappa shape index (κ3) is 0.705. The van der Waals surface area contributed by atoms with E-state index in [-0.39, 0.29) is 0 Å². The van der Waals surface area contributed by atoms with Gasteiger partial charge >= 0.3 is 0 Å². The summed E-state index contributed by atoms with van der Waals surface area (Å²) >= 11 is 0.